The lowest BCUT2D eigenvalue weighted by Crippen LogP contribution is -2.05. The molecule has 0 radical (unpaired) electrons. The molecule has 0 atom stereocenters. The van der Waals surface area contributed by atoms with Gasteiger partial charge in [0.1, 0.15) is 16.6 Å². The van der Waals surface area contributed by atoms with Gasteiger partial charge in [0.05, 0.1) is 5.75 Å². The summed E-state index contributed by atoms with van der Waals surface area (Å²) in [6.45, 7) is 0. The number of rotatable bonds is 4. The number of hydrazine groups is 1. The van der Waals surface area contributed by atoms with Crippen LogP contribution in [0.2, 0.25) is 0 Å². The first-order chi connectivity index (χ1) is 8.19. The average molecular weight is 274 g/mol. The van der Waals surface area contributed by atoms with Gasteiger partial charge in [-0.15, -0.1) is 22.0 Å². The fourth-order valence-corrected chi connectivity index (χ4v) is 2.69. The maximum absolute atomic E-state index is 13.3. The Morgan fingerprint density at radius 1 is 1.35 bits per heavy atom. The third kappa shape index (κ3) is 3.11. The van der Waals surface area contributed by atoms with E-state index in [4.69, 9.17) is 5.84 Å². The molecule has 0 spiro atoms. The van der Waals surface area contributed by atoms with Gasteiger partial charge in [-0.25, -0.2) is 14.6 Å². The topological polar surface area (TPSA) is 63.8 Å². The van der Waals surface area contributed by atoms with Crippen molar-refractivity contribution in [1.82, 2.24) is 10.2 Å². The van der Waals surface area contributed by atoms with Gasteiger partial charge >= 0.3 is 0 Å². The van der Waals surface area contributed by atoms with Crippen molar-refractivity contribution in [1.29, 1.82) is 0 Å². The first-order valence-electron chi connectivity index (χ1n) is 4.56. The number of nitrogens with two attached hydrogens (primary N) is 1. The number of aromatic nitrogens is 2. The fraction of sp³-hybridized carbons (Fsp3) is 0.111. The summed E-state index contributed by atoms with van der Waals surface area (Å²) in [6, 6.07) is 3.34. The third-order valence-corrected chi connectivity index (χ3v) is 3.91. The molecule has 0 bridgehead atoms. The van der Waals surface area contributed by atoms with Crippen LogP contribution in [0.25, 0.3) is 0 Å². The summed E-state index contributed by atoms with van der Waals surface area (Å²) in [5.41, 5.74) is 2.37. The molecule has 0 aliphatic carbocycles. The van der Waals surface area contributed by atoms with Gasteiger partial charge in [-0.05, 0) is 18.2 Å². The maximum Gasteiger partial charge on any atom is 0.219 e. The number of hydrogen-bond donors (Lipinski definition) is 2. The van der Waals surface area contributed by atoms with E-state index in [0.29, 0.717) is 15.9 Å². The zero-order valence-corrected chi connectivity index (χ0v) is 10.1. The molecule has 0 fully saturated rings. The van der Waals surface area contributed by atoms with Crippen molar-refractivity contribution < 1.29 is 8.78 Å². The van der Waals surface area contributed by atoms with Crippen molar-refractivity contribution >= 4 is 28.2 Å². The van der Waals surface area contributed by atoms with Crippen LogP contribution in [0, 0.1) is 11.6 Å². The van der Waals surface area contributed by atoms with E-state index in [1.165, 1.54) is 11.3 Å². The fourth-order valence-electron chi connectivity index (χ4n) is 1.10. The van der Waals surface area contributed by atoms with E-state index in [1.54, 1.807) is 0 Å². The van der Waals surface area contributed by atoms with Crippen LogP contribution in [-0.4, -0.2) is 10.2 Å². The molecule has 1 aromatic carbocycles. The van der Waals surface area contributed by atoms with Crippen LogP contribution in [0.15, 0.2) is 23.1 Å². The Labute approximate surface area is 104 Å². The normalized spacial score (nSPS) is 10.5. The van der Waals surface area contributed by atoms with E-state index in [1.807, 2.05) is 0 Å². The quantitative estimate of drug-likeness (QED) is 0.509. The van der Waals surface area contributed by atoms with Gasteiger partial charge in [0.15, 0.2) is 0 Å². The van der Waals surface area contributed by atoms with Crippen molar-refractivity contribution in [3.05, 3.63) is 34.8 Å². The van der Waals surface area contributed by atoms with Crippen molar-refractivity contribution in [3.63, 3.8) is 0 Å². The molecule has 0 saturated carbocycles. The Morgan fingerprint density at radius 3 is 2.88 bits per heavy atom. The van der Waals surface area contributed by atoms with Crippen LogP contribution >= 0.6 is 23.1 Å². The van der Waals surface area contributed by atoms with Crippen molar-refractivity contribution in [2.45, 2.75) is 10.6 Å². The van der Waals surface area contributed by atoms with Gasteiger partial charge in [0.2, 0.25) is 5.13 Å². The number of nitrogens with zero attached hydrogens (tertiary/aromatic N) is 2. The Bertz CT molecular complexity index is 517. The first kappa shape index (κ1) is 12.2. The van der Waals surface area contributed by atoms with E-state index >= 15 is 0 Å². The number of nitrogens with one attached hydrogen (secondary N) is 1. The molecule has 4 nitrogen and oxygen atoms in total. The highest BCUT2D eigenvalue weighted by Gasteiger charge is 2.07. The number of nitrogen functional groups attached to an aromatic ring is 1. The minimum atomic E-state index is -0.463. The van der Waals surface area contributed by atoms with Crippen LogP contribution in [0.3, 0.4) is 0 Å². The molecule has 1 aromatic heterocycles. The molecule has 90 valence electrons. The van der Waals surface area contributed by atoms with Crippen LogP contribution in [0.4, 0.5) is 13.9 Å². The summed E-state index contributed by atoms with van der Waals surface area (Å²) in [4.78, 5) is 0.252. The summed E-state index contributed by atoms with van der Waals surface area (Å²) < 4.78 is 26.2. The van der Waals surface area contributed by atoms with Crippen LogP contribution < -0.4 is 11.3 Å². The molecule has 8 heteroatoms. The van der Waals surface area contributed by atoms with Gasteiger partial charge in [-0.1, -0.05) is 11.3 Å². The molecule has 0 unspecified atom stereocenters. The largest absolute Gasteiger partial charge is 0.298 e. The van der Waals surface area contributed by atoms with E-state index < -0.39 is 11.6 Å². The van der Waals surface area contributed by atoms with Crippen molar-refractivity contribution in [2.24, 2.45) is 5.84 Å². The number of benzene rings is 1. The van der Waals surface area contributed by atoms with Gasteiger partial charge in [0, 0.05) is 4.90 Å². The van der Waals surface area contributed by atoms with Crippen LogP contribution in [0.1, 0.15) is 5.01 Å². The zero-order valence-electron chi connectivity index (χ0n) is 8.48. The second-order valence-electron chi connectivity index (χ2n) is 3.01. The third-order valence-electron chi connectivity index (χ3n) is 1.83. The molecule has 17 heavy (non-hydrogen) atoms. The lowest BCUT2D eigenvalue weighted by Gasteiger charge is -2.00. The predicted octanol–water partition coefficient (Wildman–Crippen LogP) is 2.39. The number of halogens is 2. The Morgan fingerprint density at radius 2 is 2.18 bits per heavy atom. The molecule has 2 rings (SSSR count). The molecule has 0 amide bonds. The highest BCUT2D eigenvalue weighted by molar-refractivity contribution is 7.98. The van der Waals surface area contributed by atoms with Gasteiger partial charge in [-0.2, -0.15) is 0 Å². The van der Waals surface area contributed by atoms with E-state index in [-0.39, 0.29) is 4.90 Å². The highest BCUT2D eigenvalue weighted by Crippen LogP contribution is 2.28. The predicted molar refractivity (Wildman–Crippen MR) is 63.6 cm³/mol. The van der Waals surface area contributed by atoms with Gasteiger partial charge in [-0.3, -0.25) is 5.43 Å². The van der Waals surface area contributed by atoms with Crippen molar-refractivity contribution in [3.8, 4) is 0 Å². The zero-order chi connectivity index (χ0) is 12.3. The van der Waals surface area contributed by atoms with Gasteiger partial charge < -0.3 is 0 Å². The van der Waals surface area contributed by atoms with E-state index in [2.05, 4.69) is 15.6 Å². The SMILES string of the molecule is NNc1nnc(CSc2cc(F)ccc2F)s1. The summed E-state index contributed by atoms with van der Waals surface area (Å²) >= 11 is 2.43. The lowest BCUT2D eigenvalue weighted by molar-refractivity contribution is 0.577. The summed E-state index contributed by atoms with van der Waals surface area (Å²) in [5, 5.41) is 8.75. The number of anilines is 1. The molecule has 0 aliphatic heterocycles. The van der Waals surface area contributed by atoms with Crippen LogP contribution in [-0.2, 0) is 5.75 Å². The molecular weight excluding hydrogens is 266 g/mol. The smallest absolute Gasteiger partial charge is 0.219 e. The number of thioether (sulfide) groups is 1. The second-order valence-corrected chi connectivity index (χ2v) is 5.09. The maximum atomic E-state index is 13.3. The lowest BCUT2D eigenvalue weighted by atomic mass is 10.3. The minimum absolute atomic E-state index is 0.252. The summed E-state index contributed by atoms with van der Waals surface area (Å²) in [5.74, 6) is 4.66. The minimum Gasteiger partial charge on any atom is -0.298 e. The molecule has 0 aliphatic rings. The summed E-state index contributed by atoms with van der Waals surface area (Å²) in [6.07, 6.45) is 0. The van der Waals surface area contributed by atoms with Crippen LogP contribution in [0.5, 0.6) is 0 Å². The Kier molecular flexibility index (Phi) is 3.87. The van der Waals surface area contributed by atoms with Gasteiger partial charge in [0.25, 0.3) is 0 Å². The average Bonchev–Trinajstić information content (AvgIpc) is 2.78. The Hall–Kier alpha value is -1.25. The van der Waals surface area contributed by atoms with E-state index in [9.17, 15) is 8.78 Å². The highest BCUT2D eigenvalue weighted by atomic mass is 32.2. The number of hydrogen-bond acceptors (Lipinski definition) is 6. The monoisotopic (exact) mass is 274 g/mol. The molecule has 0 saturated heterocycles. The first-order valence-corrected chi connectivity index (χ1v) is 6.36. The molecule has 3 N–H and O–H groups in total. The standard InChI is InChI=1S/C9H8F2N4S2/c10-5-1-2-6(11)7(3-5)16-4-8-14-15-9(13-12)17-8/h1-3H,4,12H2,(H,13,15). The molecular formula is C9H8F2N4S2. The summed E-state index contributed by atoms with van der Waals surface area (Å²) in [7, 11) is 0. The van der Waals surface area contributed by atoms with E-state index in [0.717, 1.165) is 30.0 Å². The van der Waals surface area contributed by atoms with Crippen molar-refractivity contribution in [2.75, 3.05) is 5.43 Å². The molecule has 2 aromatic rings. The second kappa shape index (κ2) is 5.39. The Balaban J connectivity index is 2.04. The molecule has 1 heterocycles.